The minimum Gasteiger partial charge on any atom is -0.293 e. The lowest BCUT2D eigenvalue weighted by Gasteiger charge is -2.28. The van der Waals surface area contributed by atoms with E-state index in [0.29, 0.717) is 0 Å². The Morgan fingerprint density at radius 3 is 2.35 bits per heavy atom. The smallest absolute Gasteiger partial charge is 0.219 e. The Hall–Kier alpha value is -1.42. The summed E-state index contributed by atoms with van der Waals surface area (Å²) in [4.78, 5) is 12.5. The SMILES string of the molecule is CC(C)C(C[N+](=O)[O-])N(C)Cc1ccccc1. The maximum absolute atomic E-state index is 10.6. The Kier molecular flexibility index (Phi) is 5.10. The van der Waals surface area contributed by atoms with Crippen LogP contribution in [-0.2, 0) is 6.54 Å². The van der Waals surface area contributed by atoms with Crippen LogP contribution in [0, 0.1) is 16.0 Å². The lowest BCUT2D eigenvalue weighted by Crippen LogP contribution is -2.40. The van der Waals surface area contributed by atoms with Crippen molar-refractivity contribution in [1.29, 1.82) is 0 Å². The fourth-order valence-electron chi connectivity index (χ4n) is 2.00. The first-order valence-corrected chi connectivity index (χ1v) is 5.86. The molecule has 0 aliphatic rings. The molecule has 17 heavy (non-hydrogen) atoms. The van der Waals surface area contributed by atoms with Gasteiger partial charge in [-0.05, 0) is 18.5 Å². The third-order valence-corrected chi connectivity index (χ3v) is 2.95. The second-order valence-electron chi connectivity index (χ2n) is 4.73. The summed E-state index contributed by atoms with van der Waals surface area (Å²) in [7, 11) is 1.95. The molecule has 0 saturated carbocycles. The van der Waals surface area contributed by atoms with Crippen LogP contribution in [0.2, 0.25) is 0 Å². The Labute approximate surface area is 102 Å². The summed E-state index contributed by atoms with van der Waals surface area (Å²) in [5.41, 5.74) is 1.18. The zero-order valence-corrected chi connectivity index (χ0v) is 10.7. The van der Waals surface area contributed by atoms with Crippen molar-refractivity contribution in [2.45, 2.75) is 26.4 Å². The molecule has 0 aromatic heterocycles. The molecule has 4 heteroatoms. The van der Waals surface area contributed by atoms with Crippen LogP contribution >= 0.6 is 0 Å². The van der Waals surface area contributed by atoms with E-state index in [9.17, 15) is 10.1 Å². The zero-order chi connectivity index (χ0) is 12.8. The molecule has 0 N–H and O–H groups in total. The topological polar surface area (TPSA) is 46.4 Å². The van der Waals surface area contributed by atoms with Gasteiger partial charge in [-0.2, -0.15) is 0 Å². The molecule has 0 saturated heterocycles. The lowest BCUT2D eigenvalue weighted by atomic mass is 10.0. The summed E-state index contributed by atoms with van der Waals surface area (Å²) in [6.07, 6.45) is 0. The number of likely N-dealkylation sites (N-methyl/N-ethyl adjacent to an activating group) is 1. The van der Waals surface area contributed by atoms with Gasteiger partial charge in [-0.1, -0.05) is 44.2 Å². The van der Waals surface area contributed by atoms with Gasteiger partial charge in [0.25, 0.3) is 0 Å². The lowest BCUT2D eigenvalue weighted by molar-refractivity contribution is -0.488. The van der Waals surface area contributed by atoms with Crippen molar-refractivity contribution in [3.05, 3.63) is 46.0 Å². The minimum atomic E-state index is -0.230. The van der Waals surface area contributed by atoms with Gasteiger partial charge in [-0.25, -0.2) is 0 Å². The summed E-state index contributed by atoms with van der Waals surface area (Å²) in [5.74, 6) is 0.272. The van der Waals surface area contributed by atoms with E-state index < -0.39 is 0 Å². The molecular formula is C13H20N2O2. The molecule has 1 unspecified atom stereocenters. The predicted octanol–water partition coefficient (Wildman–Crippen LogP) is 2.42. The van der Waals surface area contributed by atoms with Crippen molar-refractivity contribution in [2.75, 3.05) is 13.6 Å². The highest BCUT2D eigenvalue weighted by molar-refractivity contribution is 5.14. The summed E-state index contributed by atoms with van der Waals surface area (Å²) >= 11 is 0. The van der Waals surface area contributed by atoms with Crippen LogP contribution in [0.5, 0.6) is 0 Å². The van der Waals surface area contributed by atoms with Crippen LogP contribution in [0.1, 0.15) is 19.4 Å². The molecule has 1 aromatic carbocycles. The number of nitro groups is 1. The highest BCUT2D eigenvalue weighted by atomic mass is 16.6. The van der Waals surface area contributed by atoms with Crippen molar-refractivity contribution in [3.8, 4) is 0 Å². The van der Waals surface area contributed by atoms with Crippen molar-refractivity contribution in [3.63, 3.8) is 0 Å². The number of benzene rings is 1. The van der Waals surface area contributed by atoms with Crippen LogP contribution in [0.3, 0.4) is 0 Å². The Balaban J connectivity index is 2.65. The van der Waals surface area contributed by atoms with Gasteiger partial charge in [0.1, 0.15) is 0 Å². The molecule has 4 nitrogen and oxygen atoms in total. The maximum Gasteiger partial charge on any atom is 0.219 e. The second kappa shape index (κ2) is 6.35. The molecule has 0 aliphatic heterocycles. The summed E-state index contributed by atoms with van der Waals surface area (Å²) in [6, 6.07) is 10.0. The van der Waals surface area contributed by atoms with Gasteiger partial charge in [-0.15, -0.1) is 0 Å². The quantitative estimate of drug-likeness (QED) is 0.563. The van der Waals surface area contributed by atoms with E-state index in [4.69, 9.17) is 0 Å². The molecule has 0 bridgehead atoms. The first-order valence-electron chi connectivity index (χ1n) is 5.86. The first-order chi connectivity index (χ1) is 8.00. The highest BCUT2D eigenvalue weighted by Gasteiger charge is 2.23. The zero-order valence-electron chi connectivity index (χ0n) is 10.7. The van der Waals surface area contributed by atoms with Crippen LogP contribution in [-0.4, -0.2) is 29.5 Å². The van der Waals surface area contributed by atoms with Crippen LogP contribution < -0.4 is 0 Å². The molecule has 0 amide bonds. The van der Waals surface area contributed by atoms with E-state index in [2.05, 4.69) is 4.90 Å². The molecule has 1 aromatic rings. The summed E-state index contributed by atoms with van der Waals surface area (Å²) in [5, 5.41) is 10.6. The van der Waals surface area contributed by atoms with Crippen molar-refractivity contribution < 1.29 is 4.92 Å². The fraction of sp³-hybridized carbons (Fsp3) is 0.538. The number of hydrogen-bond acceptors (Lipinski definition) is 3. The minimum absolute atomic E-state index is 0.000992. The molecule has 0 spiro atoms. The van der Waals surface area contributed by atoms with Crippen molar-refractivity contribution >= 4 is 0 Å². The Morgan fingerprint density at radius 2 is 1.88 bits per heavy atom. The third-order valence-electron chi connectivity index (χ3n) is 2.95. The largest absolute Gasteiger partial charge is 0.293 e. The van der Waals surface area contributed by atoms with E-state index >= 15 is 0 Å². The van der Waals surface area contributed by atoms with Gasteiger partial charge < -0.3 is 0 Å². The van der Waals surface area contributed by atoms with E-state index in [1.165, 1.54) is 5.56 Å². The molecule has 0 aliphatic carbocycles. The summed E-state index contributed by atoms with van der Waals surface area (Å²) < 4.78 is 0. The van der Waals surface area contributed by atoms with Crippen LogP contribution in [0.15, 0.2) is 30.3 Å². The van der Waals surface area contributed by atoms with Gasteiger partial charge >= 0.3 is 0 Å². The van der Waals surface area contributed by atoms with Gasteiger partial charge in [0.05, 0.1) is 6.04 Å². The average molecular weight is 236 g/mol. The number of rotatable bonds is 6. The normalized spacial score (nSPS) is 13.0. The van der Waals surface area contributed by atoms with Crippen molar-refractivity contribution in [1.82, 2.24) is 4.90 Å². The first kappa shape index (κ1) is 13.6. The molecule has 0 fully saturated rings. The van der Waals surface area contributed by atoms with Gasteiger partial charge in [-0.3, -0.25) is 15.0 Å². The molecule has 1 atom stereocenters. The second-order valence-corrected chi connectivity index (χ2v) is 4.73. The van der Waals surface area contributed by atoms with Gasteiger partial charge in [0.2, 0.25) is 6.54 Å². The Bertz CT molecular complexity index is 352. The monoisotopic (exact) mass is 236 g/mol. The van der Waals surface area contributed by atoms with E-state index in [0.717, 1.165) is 6.54 Å². The fourth-order valence-corrected chi connectivity index (χ4v) is 2.00. The maximum atomic E-state index is 10.6. The molecular weight excluding hydrogens is 216 g/mol. The van der Waals surface area contributed by atoms with E-state index in [1.54, 1.807) is 0 Å². The third kappa shape index (κ3) is 4.53. The van der Waals surface area contributed by atoms with E-state index in [-0.39, 0.29) is 23.4 Å². The van der Waals surface area contributed by atoms with Gasteiger partial charge in [0, 0.05) is 11.5 Å². The van der Waals surface area contributed by atoms with Crippen LogP contribution in [0.25, 0.3) is 0 Å². The average Bonchev–Trinajstić information content (AvgIpc) is 2.26. The number of hydrogen-bond donors (Lipinski definition) is 0. The predicted molar refractivity (Wildman–Crippen MR) is 68.4 cm³/mol. The van der Waals surface area contributed by atoms with Crippen LogP contribution in [0.4, 0.5) is 0 Å². The summed E-state index contributed by atoms with van der Waals surface area (Å²) in [6.45, 7) is 4.80. The molecule has 94 valence electrons. The van der Waals surface area contributed by atoms with Gasteiger partial charge in [0.15, 0.2) is 0 Å². The van der Waals surface area contributed by atoms with E-state index in [1.807, 2.05) is 51.2 Å². The molecule has 0 radical (unpaired) electrons. The number of nitrogens with zero attached hydrogens (tertiary/aromatic N) is 2. The Morgan fingerprint density at radius 1 is 1.29 bits per heavy atom. The molecule has 0 heterocycles. The standard InChI is InChI=1S/C13H20N2O2/c1-11(2)13(10-15(16)17)14(3)9-12-7-5-4-6-8-12/h4-8,11,13H,9-10H2,1-3H3. The highest BCUT2D eigenvalue weighted by Crippen LogP contribution is 2.13. The van der Waals surface area contributed by atoms with Crippen molar-refractivity contribution in [2.24, 2.45) is 5.92 Å². The molecule has 1 rings (SSSR count).